The number of ether oxygens (including phenoxy) is 1. The first-order valence-corrected chi connectivity index (χ1v) is 11.7. The minimum atomic E-state index is -0.463. The van der Waals surface area contributed by atoms with E-state index in [1.54, 1.807) is 42.6 Å². The summed E-state index contributed by atoms with van der Waals surface area (Å²) in [5.74, 6) is 1.24. The largest absolute Gasteiger partial charge is 0.493 e. The van der Waals surface area contributed by atoms with Crippen LogP contribution in [0.15, 0.2) is 42.9 Å². The highest BCUT2D eigenvalue weighted by molar-refractivity contribution is 5.95. The number of aliphatic hydroxyl groups is 1. The van der Waals surface area contributed by atoms with E-state index in [1.807, 2.05) is 16.9 Å². The molecule has 1 saturated carbocycles. The quantitative estimate of drug-likeness (QED) is 0.510. The van der Waals surface area contributed by atoms with E-state index < -0.39 is 6.10 Å². The molecular weight excluding hydrogens is 446 g/mol. The Morgan fingerprint density at radius 1 is 1.34 bits per heavy atom. The zero-order valence-corrected chi connectivity index (χ0v) is 19.5. The zero-order valence-electron chi connectivity index (χ0n) is 19.5. The third-order valence-electron chi connectivity index (χ3n) is 6.47. The van der Waals surface area contributed by atoms with Crippen LogP contribution in [0.5, 0.6) is 5.75 Å². The van der Waals surface area contributed by atoms with Crippen molar-refractivity contribution in [1.82, 2.24) is 24.6 Å². The minimum absolute atomic E-state index is 0.0659. The van der Waals surface area contributed by atoms with Crippen LogP contribution in [0.2, 0.25) is 0 Å². The fourth-order valence-corrected chi connectivity index (χ4v) is 4.45. The van der Waals surface area contributed by atoms with Crippen LogP contribution in [-0.2, 0) is 0 Å². The number of aromatic nitrogens is 4. The summed E-state index contributed by atoms with van der Waals surface area (Å²) in [7, 11) is 1.56. The standard InChI is InChI=1S/C25H27N7O3/c1-35-22-13-27-25(29-19-4-2-3-17(11-19)24(34)31-10-8-20(33)15-31)30-23(22)18-12-28-32(14-18)21(7-9-26)16-5-6-16/h2-4,11-14,16,20-21,33H,5-8,10,15H2,1H3,(H,27,29,30)/t20-,21?/m1/s1. The van der Waals surface area contributed by atoms with E-state index in [0.29, 0.717) is 60.5 Å². The number of amides is 1. The summed E-state index contributed by atoms with van der Waals surface area (Å²) in [5, 5.41) is 26.6. The summed E-state index contributed by atoms with van der Waals surface area (Å²) < 4.78 is 7.34. The number of nitrogens with zero attached hydrogens (tertiary/aromatic N) is 6. The van der Waals surface area contributed by atoms with Crippen LogP contribution in [0.1, 0.15) is 42.1 Å². The number of rotatable bonds is 8. The molecular formula is C25H27N7O3. The van der Waals surface area contributed by atoms with Crippen LogP contribution in [0.3, 0.4) is 0 Å². The van der Waals surface area contributed by atoms with E-state index in [2.05, 4.69) is 26.5 Å². The summed E-state index contributed by atoms with van der Waals surface area (Å²) in [4.78, 5) is 23.5. The maximum atomic E-state index is 12.8. The van der Waals surface area contributed by atoms with Gasteiger partial charge in [0.1, 0.15) is 5.69 Å². The Bertz CT molecular complexity index is 1260. The molecule has 3 heterocycles. The van der Waals surface area contributed by atoms with Gasteiger partial charge in [0, 0.05) is 36.1 Å². The zero-order chi connectivity index (χ0) is 24.4. The van der Waals surface area contributed by atoms with Crippen molar-refractivity contribution < 1.29 is 14.6 Å². The average molecular weight is 474 g/mol. The van der Waals surface area contributed by atoms with Crippen molar-refractivity contribution in [3.8, 4) is 23.1 Å². The number of benzene rings is 1. The van der Waals surface area contributed by atoms with Gasteiger partial charge >= 0.3 is 0 Å². The third-order valence-corrected chi connectivity index (χ3v) is 6.47. The number of nitrogens with one attached hydrogen (secondary N) is 1. The first-order chi connectivity index (χ1) is 17.1. The first-order valence-electron chi connectivity index (χ1n) is 11.7. The summed E-state index contributed by atoms with van der Waals surface area (Å²) in [6.45, 7) is 0.900. The predicted octanol–water partition coefficient (Wildman–Crippen LogP) is 3.16. The van der Waals surface area contributed by atoms with Gasteiger partial charge in [-0.15, -0.1) is 0 Å². The number of carbonyl (C=O) groups excluding carboxylic acids is 1. The Morgan fingerprint density at radius 3 is 2.91 bits per heavy atom. The van der Waals surface area contributed by atoms with Crippen molar-refractivity contribution in [3.05, 3.63) is 48.4 Å². The van der Waals surface area contributed by atoms with Gasteiger partial charge in [-0.3, -0.25) is 9.48 Å². The Hall–Kier alpha value is -3.97. The second kappa shape index (κ2) is 9.72. The summed E-state index contributed by atoms with van der Waals surface area (Å²) in [5.41, 5.74) is 2.56. The summed E-state index contributed by atoms with van der Waals surface area (Å²) >= 11 is 0. The molecule has 0 spiro atoms. The maximum absolute atomic E-state index is 12.8. The molecule has 2 aliphatic rings. The SMILES string of the molecule is COc1cnc(Nc2cccc(C(=O)N3CC[C@@H](O)C3)c2)nc1-c1cnn(C(CC#N)C2CC2)c1. The maximum Gasteiger partial charge on any atom is 0.254 e. The Morgan fingerprint density at radius 2 is 2.20 bits per heavy atom. The van der Waals surface area contributed by atoms with Crippen LogP contribution in [0.4, 0.5) is 11.6 Å². The topological polar surface area (TPSA) is 129 Å². The van der Waals surface area contributed by atoms with Crippen LogP contribution in [0.25, 0.3) is 11.3 Å². The van der Waals surface area contributed by atoms with Crippen LogP contribution in [0, 0.1) is 17.2 Å². The highest BCUT2D eigenvalue weighted by atomic mass is 16.5. The predicted molar refractivity (Wildman–Crippen MR) is 128 cm³/mol. The van der Waals surface area contributed by atoms with Crippen molar-refractivity contribution in [2.45, 2.75) is 37.8 Å². The van der Waals surface area contributed by atoms with E-state index in [-0.39, 0.29) is 11.9 Å². The number of nitriles is 1. The monoisotopic (exact) mass is 473 g/mol. The Labute approximate surface area is 203 Å². The smallest absolute Gasteiger partial charge is 0.254 e. The lowest BCUT2D eigenvalue weighted by Gasteiger charge is -2.16. The lowest BCUT2D eigenvalue weighted by molar-refractivity contribution is 0.0765. The number of aliphatic hydroxyl groups excluding tert-OH is 1. The van der Waals surface area contributed by atoms with Crippen molar-refractivity contribution in [2.24, 2.45) is 5.92 Å². The number of hydrogen-bond donors (Lipinski definition) is 2. The lowest BCUT2D eigenvalue weighted by atomic mass is 10.1. The third kappa shape index (κ3) is 4.95. The number of likely N-dealkylation sites (tertiary alicyclic amines) is 1. The molecule has 1 aliphatic carbocycles. The second-order valence-corrected chi connectivity index (χ2v) is 8.99. The number of methoxy groups -OCH3 is 1. The fraction of sp³-hybridized carbons (Fsp3) is 0.400. The van der Waals surface area contributed by atoms with Crippen molar-refractivity contribution in [2.75, 3.05) is 25.5 Å². The molecule has 1 aromatic carbocycles. The van der Waals surface area contributed by atoms with Crippen LogP contribution in [-0.4, -0.2) is 62.0 Å². The van der Waals surface area contributed by atoms with Gasteiger partial charge in [-0.25, -0.2) is 9.97 Å². The number of carbonyl (C=O) groups is 1. The number of anilines is 2. The van der Waals surface area contributed by atoms with E-state index >= 15 is 0 Å². The molecule has 180 valence electrons. The molecule has 2 N–H and O–H groups in total. The van der Waals surface area contributed by atoms with Crippen LogP contribution >= 0.6 is 0 Å². The molecule has 0 radical (unpaired) electrons. The van der Waals surface area contributed by atoms with E-state index in [0.717, 1.165) is 18.4 Å². The van der Waals surface area contributed by atoms with E-state index in [1.165, 1.54) is 0 Å². The molecule has 1 amide bonds. The first kappa shape index (κ1) is 22.8. The summed E-state index contributed by atoms with van der Waals surface area (Å²) in [6.07, 6.45) is 8.01. The Kier molecular flexibility index (Phi) is 6.33. The fourth-order valence-electron chi connectivity index (χ4n) is 4.45. The van der Waals surface area contributed by atoms with Gasteiger partial charge in [0.15, 0.2) is 5.75 Å². The molecule has 2 aromatic heterocycles. The molecule has 2 atom stereocenters. The number of hydrogen-bond acceptors (Lipinski definition) is 8. The van der Waals surface area contributed by atoms with Gasteiger partial charge in [0.25, 0.3) is 5.91 Å². The molecule has 2 fully saturated rings. The minimum Gasteiger partial charge on any atom is -0.493 e. The summed E-state index contributed by atoms with van der Waals surface area (Å²) in [6, 6.07) is 9.47. The normalized spacial score (nSPS) is 18.2. The number of β-amino-alcohol motifs (C(OH)–C–C–N with tert-alkyl or cyclic N) is 1. The Balaban J connectivity index is 1.37. The molecule has 10 nitrogen and oxygen atoms in total. The highest BCUT2D eigenvalue weighted by Gasteiger charge is 2.33. The molecule has 1 unspecified atom stereocenters. The molecule has 0 bridgehead atoms. The lowest BCUT2D eigenvalue weighted by Crippen LogP contribution is -2.29. The van der Waals surface area contributed by atoms with Gasteiger partial charge in [-0.1, -0.05) is 6.07 Å². The highest BCUT2D eigenvalue weighted by Crippen LogP contribution is 2.41. The molecule has 5 rings (SSSR count). The molecule has 35 heavy (non-hydrogen) atoms. The van der Waals surface area contributed by atoms with Gasteiger partial charge in [-0.2, -0.15) is 10.4 Å². The van der Waals surface area contributed by atoms with Gasteiger partial charge in [0.2, 0.25) is 5.95 Å². The van der Waals surface area contributed by atoms with Crippen LogP contribution < -0.4 is 10.1 Å². The van der Waals surface area contributed by atoms with E-state index in [4.69, 9.17) is 4.74 Å². The molecule has 10 heteroatoms. The van der Waals surface area contributed by atoms with Gasteiger partial charge < -0.3 is 20.1 Å². The van der Waals surface area contributed by atoms with Crippen molar-refractivity contribution >= 4 is 17.5 Å². The molecule has 1 saturated heterocycles. The van der Waals surface area contributed by atoms with Crippen molar-refractivity contribution in [1.29, 1.82) is 5.26 Å². The molecule has 3 aromatic rings. The van der Waals surface area contributed by atoms with Gasteiger partial charge in [0.05, 0.1) is 44.1 Å². The van der Waals surface area contributed by atoms with Crippen molar-refractivity contribution in [3.63, 3.8) is 0 Å². The average Bonchev–Trinajstić information content (AvgIpc) is 3.43. The second-order valence-electron chi connectivity index (χ2n) is 8.99. The van der Waals surface area contributed by atoms with E-state index in [9.17, 15) is 15.2 Å². The van der Waals surface area contributed by atoms with Gasteiger partial charge in [-0.05, 0) is 43.4 Å². The molecule has 1 aliphatic heterocycles.